The SMILES string of the molecule is CC(=O)N1CCN(C(=O)/C=C/c2ccc(Sc3ccc(/C=C/C(=O)N4CCN(C(C)=O)CC4)c(-c4cccc(C(=O)NO)c4)c3[N+](=O)[O-])c([N+](=O)[O-])c2-c2cccc(C(=O)NO)c2)CC1. The van der Waals surface area contributed by atoms with Crippen molar-refractivity contribution in [1.29, 1.82) is 0 Å². The highest BCUT2D eigenvalue weighted by Gasteiger charge is 2.31. The van der Waals surface area contributed by atoms with Crippen molar-refractivity contribution in [2.24, 2.45) is 0 Å². The van der Waals surface area contributed by atoms with Crippen LogP contribution in [-0.4, -0.2) is 128 Å². The fourth-order valence-electron chi connectivity index (χ4n) is 7.48. The van der Waals surface area contributed by atoms with Crippen LogP contribution in [0.2, 0.25) is 0 Å². The highest BCUT2D eigenvalue weighted by molar-refractivity contribution is 7.99. The molecule has 65 heavy (non-hydrogen) atoms. The second-order valence-electron chi connectivity index (χ2n) is 14.7. The van der Waals surface area contributed by atoms with Crippen molar-refractivity contribution in [3.8, 4) is 22.3 Å². The van der Waals surface area contributed by atoms with Crippen LogP contribution in [0, 0.1) is 20.2 Å². The number of benzene rings is 4. The van der Waals surface area contributed by atoms with Gasteiger partial charge in [-0.05, 0) is 70.8 Å². The molecule has 4 aromatic carbocycles. The second-order valence-corrected chi connectivity index (χ2v) is 15.8. The van der Waals surface area contributed by atoms with E-state index in [4.69, 9.17) is 0 Å². The number of nitrogens with one attached hydrogen (secondary N) is 2. The molecule has 2 aliphatic rings. The van der Waals surface area contributed by atoms with Gasteiger partial charge < -0.3 is 19.6 Å². The molecule has 0 saturated carbocycles. The van der Waals surface area contributed by atoms with Crippen LogP contribution in [0.3, 0.4) is 0 Å². The summed E-state index contributed by atoms with van der Waals surface area (Å²) in [6.45, 7) is 5.20. The van der Waals surface area contributed by atoms with Crippen LogP contribution in [0.15, 0.2) is 94.7 Å². The lowest BCUT2D eigenvalue weighted by molar-refractivity contribution is -0.387. The molecule has 0 atom stereocenters. The van der Waals surface area contributed by atoms with E-state index >= 15 is 0 Å². The number of hydrogen-bond acceptors (Lipinski definition) is 13. The van der Waals surface area contributed by atoms with Gasteiger partial charge in [0.25, 0.3) is 23.2 Å². The first-order valence-corrected chi connectivity index (χ1v) is 20.8. The predicted octanol–water partition coefficient (Wildman–Crippen LogP) is 4.63. The van der Waals surface area contributed by atoms with E-state index in [-0.39, 0.29) is 92.3 Å². The zero-order valence-electron chi connectivity index (χ0n) is 35.0. The standard InChI is InChI=1S/C44H42N8O12S/c1-27(53)47-17-21-49(22-18-47)37(55)15-11-29-9-13-35(41(51(61)62)39(29)31-5-3-7-33(25-31)43(57)45-59)65-36-14-10-30(12-16-38(56)50-23-19-48(20-24-50)28(2)54)40(42(36)52(63)64)32-6-4-8-34(26-32)44(58)46-60/h3-16,25-26,59-60H,17-24H2,1-2H3,(H,45,57)(H,46,58)/b15-11+,16-12+. The van der Waals surface area contributed by atoms with Crippen molar-refractivity contribution < 1.29 is 49.0 Å². The highest BCUT2D eigenvalue weighted by atomic mass is 32.2. The third kappa shape index (κ3) is 10.7. The van der Waals surface area contributed by atoms with Crippen molar-refractivity contribution in [3.63, 3.8) is 0 Å². The van der Waals surface area contributed by atoms with Crippen molar-refractivity contribution >= 4 is 70.7 Å². The Labute approximate surface area is 375 Å². The average molecular weight is 907 g/mol. The molecule has 336 valence electrons. The molecule has 2 saturated heterocycles. The quantitative estimate of drug-likeness (QED) is 0.0655. The van der Waals surface area contributed by atoms with Crippen LogP contribution < -0.4 is 11.0 Å². The van der Waals surface area contributed by atoms with Crippen molar-refractivity contribution in [1.82, 2.24) is 30.6 Å². The van der Waals surface area contributed by atoms with Gasteiger partial charge in [0.05, 0.1) is 30.8 Å². The molecule has 2 aliphatic heterocycles. The second kappa shape index (κ2) is 20.6. The number of amides is 6. The first-order chi connectivity index (χ1) is 31.1. The lowest BCUT2D eigenvalue weighted by atomic mass is 9.95. The molecule has 0 aromatic heterocycles. The van der Waals surface area contributed by atoms with Crippen LogP contribution in [-0.2, 0) is 19.2 Å². The molecular formula is C44H42N8O12S. The van der Waals surface area contributed by atoms with E-state index in [1.807, 2.05) is 0 Å². The van der Waals surface area contributed by atoms with Gasteiger partial charge >= 0.3 is 0 Å². The summed E-state index contributed by atoms with van der Waals surface area (Å²) in [5.41, 5.74) is 2.31. The maximum Gasteiger partial charge on any atom is 0.291 e. The first-order valence-electron chi connectivity index (χ1n) is 20.0. The molecule has 4 N–H and O–H groups in total. The van der Waals surface area contributed by atoms with Gasteiger partial charge in [-0.15, -0.1) is 0 Å². The molecule has 2 heterocycles. The fraction of sp³-hybridized carbons (Fsp3) is 0.227. The van der Waals surface area contributed by atoms with Crippen LogP contribution in [0.4, 0.5) is 11.4 Å². The van der Waals surface area contributed by atoms with Crippen LogP contribution in [0.25, 0.3) is 34.4 Å². The minimum absolute atomic E-state index is 0.0640. The lowest BCUT2D eigenvalue weighted by Crippen LogP contribution is -2.49. The Balaban J connectivity index is 1.48. The van der Waals surface area contributed by atoms with E-state index in [9.17, 15) is 59.4 Å². The molecule has 0 aliphatic carbocycles. The smallest absolute Gasteiger partial charge is 0.291 e. The molecule has 0 bridgehead atoms. The third-order valence-corrected chi connectivity index (χ3v) is 11.9. The molecule has 0 radical (unpaired) electrons. The highest BCUT2D eigenvalue weighted by Crippen LogP contribution is 2.48. The Morgan fingerprint density at radius 1 is 0.569 bits per heavy atom. The lowest BCUT2D eigenvalue weighted by Gasteiger charge is -2.33. The maximum atomic E-state index is 13.3. The Morgan fingerprint density at radius 3 is 1.25 bits per heavy atom. The minimum Gasteiger partial charge on any atom is -0.339 e. The Hall–Kier alpha value is -7.75. The van der Waals surface area contributed by atoms with E-state index in [0.29, 0.717) is 37.9 Å². The van der Waals surface area contributed by atoms with E-state index in [0.717, 1.165) is 0 Å². The summed E-state index contributed by atoms with van der Waals surface area (Å²) in [6, 6.07) is 16.8. The summed E-state index contributed by atoms with van der Waals surface area (Å²) in [5, 5.41) is 45.1. The van der Waals surface area contributed by atoms with Crippen molar-refractivity contribution in [2.75, 3.05) is 52.4 Å². The number of nitrogens with zero attached hydrogens (tertiary/aromatic N) is 6. The zero-order chi connectivity index (χ0) is 46.9. The summed E-state index contributed by atoms with van der Waals surface area (Å²) in [4.78, 5) is 106. The molecule has 2 fully saturated rings. The van der Waals surface area contributed by atoms with E-state index in [1.54, 1.807) is 9.80 Å². The van der Waals surface area contributed by atoms with Gasteiger partial charge in [-0.3, -0.25) is 59.4 Å². The number of hydroxylamine groups is 2. The van der Waals surface area contributed by atoms with Gasteiger partial charge in [-0.25, -0.2) is 11.0 Å². The molecule has 6 rings (SSSR count). The molecule has 21 heteroatoms. The van der Waals surface area contributed by atoms with Crippen LogP contribution >= 0.6 is 11.8 Å². The minimum atomic E-state index is -0.910. The fourth-order valence-corrected chi connectivity index (χ4v) is 8.54. The predicted molar refractivity (Wildman–Crippen MR) is 235 cm³/mol. The third-order valence-electron chi connectivity index (χ3n) is 10.8. The summed E-state index contributed by atoms with van der Waals surface area (Å²) < 4.78 is 0. The summed E-state index contributed by atoms with van der Waals surface area (Å²) in [7, 11) is 0. The largest absolute Gasteiger partial charge is 0.339 e. The van der Waals surface area contributed by atoms with Gasteiger partial charge in [0.2, 0.25) is 23.6 Å². The van der Waals surface area contributed by atoms with E-state index < -0.39 is 44.9 Å². The van der Waals surface area contributed by atoms with Gasteiger partial charge in [0.15, 0.2) is 0 Å². The van der Waals surface area contributed by atoms with E-state index in [1.165, 1.54) is 132 Å². The van der Waals surface area contributed by atoms with Gasteiger partial charge in [0.1, 0.15) is 0 Å². The molecular weight excluding hydrogens is 865 g/mol. The number of hydrogen-bond donors (Lipinski definition) is 4. The normalized spacial score (nSPS) is 14.1. The van der Waals surface area contributed by atoms with Gasteiger partial charge in [0, 0.05) is 89.5 Å². The summed E-state index contributed by atoms with van der Waals surface area (Å²) in [6.07, 6.45) is 5.21. The van der Waals surface area contributed by atoms with E-state index in [2.05, 4.69) is 0 Å². The van der Waals surface area contributed by atoms with Crippen LogP contribution in [0.5, 0.6) is 0 Å². The summed E-state index contributed by atoms with van der Waals surface area (Å²) >= 11 is 0.677. The number of carbonyl (C=O) groups excluding carboxylic acids is 6. The summed E-state index contributed by atoms with van der Waals surface area (Å²) in [5.74, 6) is -2.92. The molecule has 20 nitrogen and oxygen atoms in total. The number of nitro benzene ring substituents is 2. The number of carbonyl (C=O) groups is 6. The zero-order valence-corrected chi connectivity index (χ0v) is 35.8. The Bertz CT molecular complexity index is 2470. The molecule has 0 unspecified atom stereocenters. The average Bonchev–Trinajstić information content (AvgIpc) is 3.31. The monoisotopic (exact) mass is 906 g/mol. The van der Waals surface area contributed by atoms with Crippen molar-refractivity contribution in [3.05, 3.63) is 127 Å². The van der Waals surface area contributed by atoms with Gasteiger partial charge in [-0.2, -0.15) is 0 Å². The van der Waals surface area contributed by atoms with Crippen molar-refractivity contribution in [2.45, 2.75) is 23.6 Å². The number of piperazine rings is 2. The van der Waals surface area contributed by atoms with Crippen LogP contribution in [0.1, 0.15) is 45.7 Å². The molecule has 6 amide bonds. The molecule has 4 aromatic rings. The maximum absolute atomic E-state index is 13.3. The first kappa shape index (κ1) is 46.7. The van der Waals surface area contributed by atoms with Gasteiger partial charge in [-0.1, -0.05) is 48.2 Å². The Kier molecular flexibility index (Phi) is 14.8. The number of rotatable bonds is 12. The Morgan fingerprint density at radius 2 is 0.923 bits per heavy atom. The number of nitro groups is 2. The molecule has 0 spiro atoms. The topological polar surface area (TPSA) is 266 Å².